The van der Waals surface area contributed by atoms with Crippen LogP contribution in [0.2, 0.25) is 0 Å². The maximum Gasteiger partial charge on any atom is 0.264 e. The lowest BCUT2D eigenvalue weighted by atomic mass is 9.94. The molecule has 0 bridgehead atoms. The van der Waals surface area contributed by atoms with Gasteiger partial charge in [-0.05, 0) is 40.4 Å². The van der Waals surface area contributed by atoms with Crippen molar-refractivity contribution in [2.24, 2.45) is 0 Å². The molecule has 3 aromatic rings. The summed E-state index contributed by atoms with van der Waals surface area (Å²) in [6.45, 7) is 0.198. The van der Waals surface area contributed by atoms with E-state index in [9.17, 15) is 9.90 Å². The van der Waals surface area contributed by atoms with Gasteiger partial charge in [0, 0.05) is 10.4 Å². The maximum absolute atomic E-state index is 12.6. The number of rotatable bonds is 5. The highest BCUT2D eigenvalue weighted by Crippen LogP contribution is 2.34. The number of benzene rings is 1. The second-order valence-corrected chi connectivity index (χ2v) is 7.66. The van der Waals surface area contributed by atoms with Gasteiger partial charge in [-0.2, -0.15) is 11.3 Å². The number of thiophene rings is 2. The van der Waals surface area contributed by atoms with Crippen LogP contribution in [0.1, 0.15) is 10.4 Å². The van der Waals surface area contributed by atoms with Crippen molar-refractivity contribution in [3.8, 4) is 11.5 Å². The molecule has 4 rings (SSSR count). The summed E-state index contributed by atoms with van der Waals surface area (Å²) in [5.74, 6) is 0.861. The first-order chi connectivity index (χ1) is 12.7. The molecule has 1 amide bonds. The summed E-state index contributed by atoms with van der Waals surface area (Å²) in [6, 6.07) is 12.9. The lowest BCUT2D eigenvalue weighted by Crippen LogP contribution is -2.48. The van der Waals surface area contributed by atoms with Gasteiger partial charge in [-0.1, -0.05) is 18.2 Å². The smallest absolute Gasteiger partial charge is 0.264 e. The van der Waals surface area contributed by atoms with E-state index in [1.54, 1.807) is 12.1 Å². The summed E-state index contributed by atoms with van der Waals surface area (Å²) in [5.41, 5.74) is -0.506. The summed E-state index contributed by atoms with van der Waals surface area (Å²) in [7, 11) is 0. The predicted octanol–water partition coefficient (Wildman–Crippen LogP) is 3.00. The van der Waals surface area contributed by atoms with Gasteiger partial charge < -0.3 is 19.9 Å². The van der Waals surface area contributed by atoms with Crippen molar-refractivity contribution in [2.45, 2.75) is 11.7 Å². The van der Waals surface area contributed by atoms with Gasteiger partial charge in [-0.15, -0.1) is 11.3 Å². The summed E-state index contributed by atoms with van der Waals surface area (Å²) in [6.07, 6.45) is -0.750. The summed E-state index contributed by atoms with van der Waals surface area (Å²) >= 11 is 2.96. The molecule has 1 aliphatic heterocycles. The Bertz CT molecular complexity index is 843. The largest absolute Gasteiger partial charge is 0.485 e. The zero-order chi connectivity index (χ0) is 18.0. The number of carbonyl (C=O) groups is 1. The molecule has 26 heavy (non-hydrogen) atoms. The molecule has 1 aromatic carbocycles. The molecular formula is C19H17NO4S2. The minimum Gasteiger partial charge on any atom is -0.485 e. The van der Waals surface area contributed by atoms with Crippen LogP contribution >= 0.6 is 22.7 Å². The van der Waals surface area contributed by atoms with Gasteiger partial charge >= 0.3 is 0 Å². The minimum atomic E-state index is -1.27. The predicted molar refractivity (Wildman–Crippen MR) is 101 cm³/mol. The van der Waals surface area contributed by atoms with E-state index in [-0.39, 0.29) is 19.1 Å². The van der Waals surface area contributed by atoms with Gasteiger partial charge in [-0.3, -0.25) is 4.79 Å². The molecular weight excluding hydrogens is 370 g/mol. The van der Waals surface area contributed by atoms with Crippen molar-refractivity contribution in [1.29, 1.82) is 0 Å². The van der Waals surface area contributed by atoms with Crippen molar-refractivity contribution < 1.29 is 19.4 Å². The second kappa shape index (κ2) is 7.11. The van der Waals surface area contributed by atoms with Crippen molar-refractivity contribution in [1.82, 2.24) is 5.32 Å². The summed E-state index contributed by atoms with van der Waals surface area (Å²) in [5, 5.41) is 19.8. The average Bonchev–Trinajstić information content (AvgIpc) is 3.39. The van der Waals surface area contributed by atoms with E-state index in [2.05, 4.69) is 5.32 Å². The Kier molecular flexibility index (Phi) is 4.67. The lowest BCUT2D eigenvalue weighted by molar-refractivity contribution is -0.131. The Morgan fingerprint density at radius 2 is 2.04 bits per heavy atom. The maximum atomic E-state index is 12.6. The monoisotopic (exact) mass is 387 g/mol. The molecule has 7 heteroatoms. The Morgan fingerprint density at radius 1 is 1.19 bits per heavy atom. The molecule has 1 aliphatic rings. The fraction of sp³-hybridized carbons (Fsp3) is 0.211. The first-order valence-electron chi connectivity index (χ1n) is 8.12. The third-order valence-corrected chi connectivity index (χ3v) is 5.95. The molecule has 0 spiro atoms. The molecule has 0 fully saturated rings. The molecule has 3 heterocycles. The van der Waals surface area contributed by atoms with E-state index in [0.717, 1.165) is 10.4 Å². The van der Waals surface area contributed by atoms with Gasteiger partial charge in [0.1, 0.15) is 12.2 Å². The van der Waals surface area contributed by atoms with Gasteiger partial charge in [-0.25, -0.2) is 0 Å². The van der Waals surface area contributed by atoms with E-state index in [1.807, 2.05) is 46.5 Å². The number of carbonyl (C=O) groups excluding carboxylic acids is 1. The number of para-hydroxylation sites is 2. The first kappa shape index (κ1) is 17.1. The number of ether oxygens (including phenoxy) is 2. The molecule has 2 N–H and O–H groups in total. The Balaban J connectivity index is 1.48. The highest BCUT2D eigenvalue weighted by molar-refractivity contribution is 7.10. The van der Waals surface area contributed by atoms with Gasteiger partial charge in [0.2, 0.25) is 6.10 Å². The van der Waals surface area contributed by atoms with Crippen LogP contribution < -0.4 is 14.8 Å². The molecule has 0 aliphatic carbocycles. The van der Waals surface area contributed by atoms with Crippen LogP contribution in [0.15, 0.2) is 58.6 Å². The minimum absolute atomic E-state index is 0.0601. The van der Waals surface area contributed by atoms with E-state index >= 15 is 0 Å². The third-order valence-electron chi connectivity index (χ3n) is 4.25. The third kappa shape index (κ3) is 3.21. The van der Waals surface area contributed by atoms with Crippen LogP contribution in [0.4, 0.5) is 0 Å². The quantitative estimate of drug-likeness (QED) is 0.706. The van der Waals surface area contributed by atoms with E-state index in [4.69, 9.17) is 9.47 Å². The highest BCUT2D eigenvalue weighted by Gasteiger charge is 2.35. The van der Waals surface area contributed by atoms with Crippen LogP contribution in [0.5, 0.6) is 11.5 Å². The SMILES string of the molecule is O=C(NC[C@](O)(c1ccsc1)c1cccs1)[C@H]1COc2ccccc2O1. The lowest BCUT2D eigenvalue weighted by Gasteiger charge is -2.29. The Morgan fingerprint density at radius 3 is 2.77 bits per heavy atom. The van der Waals surface area contributed by atoms with Crippen LogP contribution in [0.25, 0.3) is 0 Å². The van der Waals surface area contributed by atoms with Crippen molar-refractivity contribution in [3.63, 3.8) is 0 Å². The van der Waals surface area contributed by atoms with E-state index in [0.29, 0.717) is 11.5 Å². The Hall–Kier alpha value is -2.35. The number of hydrogen-bond acceptors (Lipinski definition) is 6. The van der Waals surface area contributed by atoms with Crippen LogP contribution in [-0.2, 0) is 10.4 Å². The molecule has 0 unspecified atom stereocenters. The van der Waals surface area contributed by atoms with Crippen LogP contribution in [-0.4, -0.2) is 30.3 Å². The van der Waals surface area contributed by atoms with Gasteiger partial charge in [0.25, 0.3) is 5.91 Å². The molecule has 0 saturated carbocycles. The topological polar surface area (TPSA) is 67.8 Å². The number of aliphatic hydroxyl groups is 1. The van der Waals surface area contributed by atoms with Crippen LogP contribution in [0, 0.1) is 0 Å². The standard InChI is InChI=1S/C19H17NO4S2/c21-18(16-10-23-14-4-1-2-5-15(14)24-16)20-12-19(22,13-7-9-25-11-13)17-6-3-8-26-17/h1-9,11,16,22H,10,12H2,(H,20,21)/t16-,19+/m1/s1. The number of hydrogen-bond donors (Lipinski definition) is 2. The molecule has 134 valence electrons. The van der Waals surface area contributed by atoms with Gasteiger partial charge in [0.15, 0.2) is 11.5 Å². The van der Waals surface area contributed by atoms with Crippen molar-refractivity contribution in [3.05, 3.63) is 69.0 Å². The number of fused-ring (bicyclic) bond motifs is 1. The highest BCUT2D eigenvalue weighted by atomic mass is 32.1. The molecule has 2 aromatic heterocycles. The second-order valence-electron chi connectivity index (χ2n) is 5.93. The first-order valence-corrected chi connectivity index (χ1v) is 9.94. The zero-order valence-corrected chi connectivity index (χ0v) is 15.4. The molecule has 0 radical (unpaired) electrons. The van der Waals surface area contributed by atoms with Gasteiger partial charge in [0.05, 0.1) is 6.54 Å². The normalized spacial score (nSPS) is 18.1. The van der Waals surface area contributed by atoms with Crippen molar-refractivity contribution in [2.75, 3.05) is 13.2 Å². The fourth-order valence-electron chi connectivity index (χ4n) is 2.82. The summed E-state index contributed by atoms with van der Waals surface area (Å²) < 4.78 is 11.3. The number of amides is 1. The summed E-state index contributed by atoms with van der Waals surface area (Å²) in [4.78, 5) is 13.4. The van der Waals surface area contributed by atoms with E-state index < -0.39 is 11.7 Å². The Labute approximate surface area is 158 Å². The molecule has 5 nitrogen and oxygen atoms in total. The molecule has 0 saturated heterocycles. The van der Waals surface area contributed by atoms with E-state index in [1.165, 1.54) is 22.7 Å². The zero-order valence-electron chi connectivity index (χ0n) is 13.8. The van der Waals surface area contributed by atoms with Crippen LogP contribution in [0.3, 0.4) is 0 Å². The average molecular weight is 387 g/mol. The number of nitrogens with one attached hydrogen (secondary N) is 1. The van der Waals surface area contributed by atoms with Crippen molar-refractivity contribution >= 4 is 28.6 Å². The fourth-order valence-corrected chi connectivity index (χ4v) is 4.39. The molecule has 2 atom stereocenters.